The van der Waals surface area contributed by atoms with Gasteiger partial charge in [0.25, 0.3) is 5.91 Å². The summed E-state index contributed by atoms with van der Waals surface area (Å²) in [4.78, 5) is 28.4. The van der Waals surface area contributed by atoms with Crippen molar-refractivity contribution < 1.29 is 23.5 Å². The van der Waals surface area contributed by atoms with Gasteiger partial charge in [0.15, 0.2) is 11.5 Å². The van der Waals surface area contributed by atoms with Crippen molar-refractivity contribution >= 4 is 34.3 Å². The summed E-state index contributed by atoms with van der Waals surface area (Å²) in [5, 5.41) is 12.1. The van der Waals surface area contributed by atoms with Crippen molar-refractivity contribution in [2.24, 2.45) is 0 Å². The summed E-state index contributed by atoms with van der Waals surface area (Å²) in [5.74, 6) is -2.31. The summed E-state index contributed by atoms with van der Waals surface area (Å²) < 4.78 is 19.3. The third kappa shape index (κ3) is 4.65. The second kappa shape index (κ2) is 9.20. The first-order chi connectivity index (χ1) is 17.5. The molecule has 1 unspecified atom stereocenters. The normalized spacial score (nSPS) is 16.2. The number of hydrogen-bond donors (Lipinski definition) is 1. The van der Waals surface area contributed by atoms with Crippen molar-refractivity contribution in [3.8, 4) is 0 Å². The van der Waals surface area contributed by atoms with Crippen LogP contribution in [0.1, 0.15) is 54.1 Å². The van der Waals surface area contributed by atoms with Gasteiger partial charge in [-0.25, -0.2) is 4.39 Å². The van der Waals surface area contributed by atoms with Crippen LogP contribution in [0, 0.1) is 5.82 Å². The fourth-order valence-electron chi connectivity index (χ4n) is 4.61. The summed E-state index contributed by atoms with van der Waals surface area (Å²) >= 11 is 6.08. The number of carbonyl (C=O) groups is 2. The minimum atomic E-state index is -0.865. The van der Waals surface area contributed by atoms with E-state index >= 15 is 0 Å². The number of aliphatic hydroxyl groups excluding tert-OH is 1. The average Bonchev–Trinajstić information content (AvgIpc) is 3.38. The molecule has 3 aromatic carbocycles. The average molecular weight is 518 g/mol. The minimum absolute atomic E-state index is 0.00781. The number of ketones is 1. The molecule has 37 heavy (non-hydrogen) atoms. The van der Waals surface area contributed by atoms with E-state index in [1.807, 2.05) is 24.3 Å². The molecule has 1 atom stereocenters. The maximum Gasteiger partial charge on any atom is 0.290 e. The fraction of sp³-hybridized carbons (Fsp3) is 0.200. The van der Waals surface area contributed by atoms with E-state index in [1.54, 1.807) is 36.4 Å². The summed E-state index contributed by atoms with van der Waals surface area (Å²) in [5.41, 5.74) is 2.71. The zero-order valence-electron chi connectivity index (χ0n) is 20.6. The molecule has 1 aromatic heterocycles. The van der Waals surface area contributed by atoms with Crippen molar-refractivity contribution in [2.75, 3.05) is 0 Å². The van der Waals surface area contributed by atoms with Gasteiger partial charge in [-0.05, 0) is 58.5 Å². The Morgan fingerprint density at radius 2 is 1.70 bits per heavy atom. The number of fused-ring (bicyclic) bond motifs is 1. The maximum atomic E-state index is 13.7. The van der Waals surface area contributed by atoms with E-state index in [4.69, 9.17) is 16.0 Å². The van der Waals surface area contributed by atoms with E-state index in [9.17, 15) is 19.1 Å². The van der Waals surface area contributed by atoms with Gasteiger partial charge in [-0.15, -0.1) is 0 Å². The van der Waals surface area contributed by atoms with Gasteiger partial charge >= 0.3 is 0 Å². The van der Waals surface area contributed by atoms with Crippen LogP contribution < -0.4 is 0 Å². The molecule has 5 rings (SSSR count). The fourth-order valence-corrected chi connectivity index (χ4v) is 4.79. The first-order valence-electron chi connectivity index (χ1n) is 11.9. The molecule has 0 bridgehead atoms. The third-order valence-corrected chi connectivity index (χ3v) is 6.84. The number of Topliss-reactive ketones (excluding diaryl/α,β-unsaturated/α-hetero) is 1. The van der Waals surface area contributed by atoms with Crippen molar-refractivity contribution in [1.29, 1.82) is 0 Å². The number of benzene rings is 3. The van der Waals surface area contributed by atoms with E-state index in [2.05, 4.69) is 20.8 Å². The standard InChI is InChI=1S/C30H25ClFNO4/c1-30(2,3)20-8-6-18(7-9-20)26-25(27(34)24-15-19-14-21(31)10-13-23(19)37-24)28(35)29(36)33(26)16-17-4-11-22(32)12-5-17/h4-15,26,35H,16H2,1-3H3. The molecule has 1 aliphatic rings. The predicted molar refractivity (Wildman–Crippen MR) is 140 cm³/mol. The first kappa shape index (κ1) is 24.8. The van der Waals surface area contributed by atoms with Crippen LogP contribution in [0.5, 0.6) is 0 Å². The van der Waals surface area contributed by atoms with Gasteiger partial charge in [0.1, 0.15) is 11.4 Å². The first-order valence-corrected chi connectivity index (χ1v) is 12.2. The molecular weight excluding hydrogens is 493 g/mol. The van der Waals surface area contributed by atoms with Gasteiger partial charge in [-0.2, -0.15) is 0 Å². The molecule has 1 amide bonds. The highest BCUT2D eigenvalue weighted by Gasteiger charge is 2.44. The Kier molecular flexibility index (Phi) is 6.16. The Morgan fingerprint density at radius 3 is 2.35 bits per heavy atom. The van der Waals surface area contributed by atoms with Crippen molar-refractivity contribution in [3.63, 3.8) is 0 Å². The lowest BCUT2D eigenvalue weighted by Gasteiger charge is -2.27. The monoisotopic (exact) mass is 517 g/mol. The predicted octanol–water partition coefficient (Wildman–Crippen LogP) is 7.30. The lowest BCUT2D eigenvalue weighted by atomic mass is 9.85. The maximum absolute atomic E-state index is 13.7. The van der Waals surface area contributed by atoms with Gasteiger partial charge in [0, 0.05) is 17.0 Å². The molecule has 0 fully saturated rings. The van der Waals surface area contributed by atoms with Crippen molar-refractivity contribution in [1.82, 2.24) is 4.90 Å². The van der Waals surface area contributed by atoms with Crippen LogP contribution in [-0.4, -0.2) is 21.7 Å². The summed E-state index contributed by atoms with van der Waals surface area (Å²) in [6.07, 6.45) is 0. The highest BCUT2D eigenvalue weighted by atomic mass is 35.5. The van der Waals surface area contributed by atoms with Crippen LogP contribution in [-0.2, 0) is 16.8 Å². The van der Waals surface area contributed by atoms with Crippen LogP contribution >= 0.6 is 11.6 Å². The number of rotatable bonds is 5. The zero-order chi connectivity index (χ0) is 26.5. The Balaban J connectivity index is 1.59. The number of aliphatic hydroxyl groups is 1. The molecular formula is C30H25ClFNO4. The quantitative estimate of drug-likeness (QED) is 0.282. The zero-order valence-corrected chi connectivity index (χ0v) is 21.3. The Labute approximate surface area is 218 Å². The Hall–Kier alpha value is -3.90. The van der Waals surface area contributed by atoms with Gasteiger partial charge < -0.3 is 14.4 Å². The van der Waals surface area contributed by atoms with E-state index in [0.717, 1.165) is 5.56 Å². The molecule has 5 nitrogen and oxygen atoms in total. The molecule has 0 radical (unpaired) electrons. The number of nitrogens with zero attached hydrogens (tertiary/aromatic N) is 1. The van der Waals surface area contributed by atoms with Crippen LogP contribution in [0.15, 0.2) is 88.5 Å². The van der Waals surface area contributed by atoms with Gasteiger partial charge in [0.2, 0.25) is 5.78 Å². The lowest BCUT2D eigenvalue weighted by Crippen LogP contribution is -2.30. The third-order valence-electron chi connectivity index (χ3n) is 6.61. The van der Waals surface area contributed by atoms with Gasteiger partial charge in [0.05, 0.1) is 11.6 Å². The number of amides is 1. The molecule has 2 heterocycles. The molecule has 0 spiro atoms. The van der Waals surface area contributed by atoms with Crippen molar-refractivity contribution in [2.45, 2.75) is 38.8 Å². The number of hydrogen-bond acceptors (Lipinski definition) is 4. The molecule has 188 valence electrons. The number of halogens is 2. The van der Waals surface area contributed by atoms with E-state index < -0.39 is 29.3 Å². The summed E-state index contributed by atoms with van der Waals surface area (Å²) in [7, 11) is 0. The van der Waals surface area contributed by atoms with Gasteiger partial charge in [-0.1, -0.05) is 68.8 Å². The SMILES string of the molecule is CC(C)(C)c1ccc(C2C(C(=O)c3cc4cc(Cl)ccc4o3)=C(O)C(=O)N2Cc2ccc(F)cc2)cc1. The number of carbonyl (C=O) groups excluding carboxylic acids is 2. The van der Waals surface area contributed by atoms with E-state index in [1.165, 1.54) is 17.0 Å². The molecule has 0 aliphatic carbocycles. The second-order valence-corrected chi connectivity index (χ2v) is 10.7. The van der Waals surface area contributed by atoms with E-state index in [-0.39, 0.29) is 23.3 Å². The number of furan rings is 1. The molecule has 1 aliphatic heterocycles. The Morgan fingerprint density at radius 1 is 1.03 bits per heavy atom. The lowest BCUT2D eigenvalue weighted by molar-refractivity contribution is -0.130. The topological polar surface area (TPSA) is 70.7 Å². The highest BCUT2D eigenvalue weighted by molar-refractivity contribution is 6.31. The van der Waals surface area contributed by atoms with Crippen LogP contribution in [0.4, 0.5) is 4.39 Å². The smallest absolute Gasteiger partial charge is 0.290 e. The van der Waals surface area contributed by atoms with Crippen molar-refractivity contribution in [3.05, 3.63) is 117 Å². The largest absolute Gasteiger partial charge is 0.503 e. The molecule has 1 N–H and O–H groups in total. The van der Waals surface area contributed by atoms with Crippen LogP contribution in [0.3, 0.4) is 0 Å². The van der Waals surface area contributed by atoms with Crippen LogP contribution in [0.2, 0.25) is 5.02 Å². The van der Waals surface area contributed by atoms with Gasteiger partial charge in [-0.3, -0.25) is 9.59 Å². The van der Waals surface area contributed by atoms with E-state index in [0.29, 0.717) is 27.1 Å². The highest BCUT2D eigenvalue weighted by Crippen LogP contribution is 2.41. The summed E-state index contributed by atoms with van der Waals surface area (Å²) in [6, 6.07) is 19.1. The van der Waals surface area contributed by atoms with Crippen LogP contribution in [0.25, 0.3) is 11.0 Å². The molecule has 0 saturated carbocycles. The molecule has 4 aromatic rings. The Bertz CT molecular complexity index is 1550. The molecule has 7 heteroatoms. The minimum Gasteiger partial charge on any atom is -0.503 e. The summed E-state index contributed by atoms with van der Waals surface area (Å²) in [6.45, 7) is 6.35. The second-order valence-electron chi connectivity index (χ2n) is 10.2. The molecule has 0 saturated heterocycles.